The van der Waals surface area contributed by atoms with Crippen LogP contribution in [-0.2, 0) is 28.6 Å². The number of aliphatic carboxylic acids is 1. The molecule has 41 heavy (non-hydrogen) atoms. The highest BCUT2D eigenvalue weighted by Gasteiger charge is 2.55. The van der Waals surface area contributed by atoms with Gasteiger partial charge in [0.05, 0.1) is 0 Å². The molecule has 18 nitrogen and oxygen atoms in total. The van der Waals surface area contributed by atoms with Crippen LogP contribution in [0.4, 0.5) is 0 Å². The molecule has 1 aromatic rings. The minimum Gasteiger partial charge on any atom is -0.477 e. The van der Waals surface area contributed by atoms with Gasteiger partial charge in [-0.15, -0.1) is 0 Å². The van der Waals surface area contributed by atoms with Gasteiger partial charge in [0.1, 0.15) is 54.5 Å². The van der Waals surface area contributed by atoms with Crippen molar-refractivity contribution in [3.63, 3.8) is 0 Å². The third kappa shape index (κ3) is 5.81. The number of hydrogen-bond donors (Lipinski definition) is 7. The lowest BCUT2D eigenvalue weighted by atomic mass is 9.97. The van der Waals surface area contributed by atoms with E-state index < -0.39 is 84.4 Å². The number of carbonyl (C=O) groups is 3. The molecule has 18 heteroatoms. The van der Waals surface area contributed by atoms with E-state index in [0.717, 1.165) is 21.7 Å². The number of likely N-dealkylation sites (N-methyl/N-ethyl adjacent to an activating group) is 2. The maximum atomic E-state index is 13.6. The van der Waals surface area contributed by atoms with E-state index in [1.165, 1.54) is 25.1 Å². The number of ether oxygens (including phenoxy) is 3. The number of aromatic amines is 1. The second-order valence-electron chi connectivity index (χ2n) is 9.82. The molecule has 2 fully saturated rings. The molecule has 0 bridgehead atoms. The van der Waals surface area contributed by atoms with Crippen LogP contribution in [0.1, 0.15) is 6.23 Å². The fraction of sp³-hybridized carbons (Fsp3) is 0.609. The summed E-state index contributed by atoms with van der Waals surface area (Å²) in [5.41, 5.74) is -2.04. The second kappa shape index (κ2) is 12.2. The Morgan fingerprint density at radius 1 is 1.15 bits per heavy atom. The van der Waals surface area contributed by atoms with Crippen LogP contribution in [0.25, 0.3) is 0 Å². The number of carbonyl (C=O) groups excluding carboxylic acids is 2. The van der Waals surface area contributed by atoms with E-state index in [2.05, 4.69) is 5.32 Å². The number of H-pyrrole nitrogens is 1. The average Bonchev–Trinajstić information content (AvgIpc) is 3.31. The predicted molar refractivity (Wildman–Crippen MR) is 132 cm³/mol. The van der Waals surface area contributed by atoms with E-state index in [0.29, 0.717) is 6.41 Å². The zero-order valence-corrected chi connectivity index (χ0v) is 21.8. The highest BCUT2D eigenvalue weighted by molar-refractivity contribution is 5.95. The van der Waals surface area contributed by atoms with Crippen molar-refractivity contribution in [1.82, 2.24) is 24.7 Å². The summed E-state index contributed by atoms with van der Waals surface area (Å²) in [6, 6.07) is -0.439. The molecule has 7 N–H and O–H groups in total. The summed E-state index contributed by atoms with van der Waals surface area (Å²) in [5.74, 6) is -2.22. The number of aliphatic hydroxyl groups is 4. The first-order valence-electron chi connectivity index (χ1n) is 12.5. The Kier molecular flexibility index (Phi) is 9.04. The third-order valence-corrected chi connectivity index (χ3v) is 7.26. The average molecular weight is 586 g/mol. The number of rotatable bonds is 9. The van der Waals surface area contributed by atoms with Crippen molar-refractivity contribution in [2.24, 2.45) is 0 Å². The first-order chi connectivity index (χ1) is 19.4. The molecule has 10 atom stereocenters. The van der Waals surface area contributed by atoms with Crippen molar-refractivity contribution in [3.05, 3.63) is 44.9 Å². The molecule has 3 aliphatic heterocycles. The molecular formula is C23H31N5O13. The van der Waals surface area contributed by atoms with E-state index in [1.807, 2.05) is 4.98 Å². The Bertz CT molecular complexity index is 1300. The number of carboxylic acid groups (broad SMARTS) is 1. The van der Waals surface area contributed by atoms with Gasteiger partial charge < -0.3 is 50.0 Å². The van der Waals surface area contributed by atoms with E-state index in [9.17, 15) is 49.5 Å². The van der Waals surface area contributed by atoms with Crippen LogP contribution >= 0.6 is 0 Å². The summed E-state index contributed by atoms with van der Waals surface area (Å²) in [4.78, 5) is 64.2. The number of hydrogen-bond acceptors (Lipinski definition) is 13. The smallest absolute Gasteiger partial charge is 0.352 e. The molecule has 2 saturated heterocycles. The van der Waals surface area contributed by atoms with Crippen LogP contribution in [0.2, 0.25) is 0 Å². The fourth-order valence-corrected chi connectivity index (χ4v) is 5.07. The van der Waals surface area contributed by atoms with Crippen LogP contribution in [0.3, 0.4) is 0 Å². The van der Waals surface area contributed by atoms with Crippen molar-refractivity contribution >= 4 is 18.3 Å². The monoisotopic (exact) mass is 585 g/mol. The molecule has 226 valence electrons. The van der Waals surface area contributed by atoms with Crippen molar-refractivity contribution in [2.75, 3.05) is 27.2 Å². The SMILES string of the molecule is CN1C(=O)[C@H]([C@H](O[C@@H]2O[C@H](CNC=O)[C@@H](O)[C@H]2O)[C@H]2O[C@@H](n3ccc(=O)[nH]c3=O)[C@H](O)[C@@H]2O)N(C)CC=C1C(=O)O. The van der Waals surface area contributed by atoms with Crippen LogP contribution in [-0.4, -0.2) is 145 Å². The number of aliphatic hydroxyl groups excluding tert-OH is 4. The summed E-state index contributed by atoms with van der Waals surface area (Å²) < 4.78 is 18.2. The number of nitrogens with zero attached hydrogens (tertiary/aromatic N) is 3. The molecule has 0 radical (unpaired) electrons. The van der Waals surface area contributed by atoms with Gasteiger partial charge in [0.25, 0.3) is 5.56 Å². The molecular weight excluding hydrogens is 554 g/mol. The number of nitrogens with one attached hydrogen (secondary N) is 2. The van der Waals surface area contributed by atoms with Crippen LogP contribution in [0.15, 0.2) is 33.6 Å². The Labute approximate surface area is 230 Å². The molecule has 2 amide bonds. The predicted octanol–water partition coefficient (Wildman–Crippen LogP) is -5.53. The quantitative estimate of drug-likeness (QED) is 0.134. The zero-order valence-electron chi connectivity index (χ0n) is 21.8. The Morgan fingerprint density at radius 2 is 1.85 bits per heavy atom. The Morgan fingerprint density at radius 3 is 2.49 bits per heavy atom. The Balaban J connectivity index is 1.72. The molecule has 4 rings (SSSR count). The highest BCUT2D eigenvalue weighted by atomic mass is 16.7. The standard InChI is InChI=1S/C23H31N5O13/c1-26-5-3-9(21(36)37)27(2)19(35)12(26)17(41-22-16(34)13(31)10(39-22)7-24-8-29)18-14(32)15(33)20(40-18)28-6-4-11(30)25-23(28)38/h3-4,6,8,10,12-18,20,22,31-34H,5,7H2,1-2H3,(H,24,29)(H,36,37)(H,25,30,38)/t10-,12+,13-,14+,15-,16-,17+,18+,20-,22+/m1/s1. The lowest BCUT2D eigenvalue weighted by Crippen LogP contribution is -2.59. The maximum absolute atomic E-state index is 13.6. The minimum absolute atomic E-state index is 0.0982. The highest BCUT2D eigenvalue weighted by Crippen LogP contribution is 2.36. The number of amides is 2. The lowest BCUT2D eigenvalue weighted by molar-refractivity contribution is -0.233. The summed E-state index contributed by atoms with van der Waals surface area (Å²) in [6.07, 6.45) is -11.7. The van der Waals surface area contributed by atoms with Crippen molar-refractivity contribution in [2.45, 2.75) is 61.3 Å². The first kappa shape index (κ1) is 30.5. The molecule has 0 aromatic carbocycles. The van der Waals surface area contributed by atoms with E-state index in [-0.39, 0.29) is 18.8 Å². The molecule has 3 aliphatic rings. The van der Waals surface area contributed by atoms with E-state index in [1.54, 1.807) is 0 Å². The third-order valence-electron chi connectivity index (χ3n) is 7.26. The summed E-state index contributed by atoms with van der Waals surface area (Å²) >= 11 is 0. The van der Waals surface area contributed by atoms with Crippen molar-refractivity contribution in [3.8, 4) is 0 Å². The van der Waals surface area contributed by atoms with Gasteiger partial charge >= 0.3 is 11.7 Å². The van der Waals surface area contributed by atoms with E-state index in [4.69, 9.17) is 14.2 Å². The van der Waals surface area contributed by atoms with Crippen molar-refractivity contribution in [1.29, 1.82) is 0 Å². The largest absolute Gasteiger partial charge is 0.477 e. The molecule has 4 heterocycles. The Hall–Kier alpha value is -3.49. The second-order valence-corrected chi connectivity index (χ2v) is 9.82. The molecule has 0 unspecified atom stereocenters. The van der Waals surface area contributed by atoms with Gasteiger partial charge in [0.2, 0.25) is 12.3 Å². The topological polar surface area (TPSA) is 253 Å². The zero-order chi connectivity index (χ0) is 30.2. The number of carboxylic acids is 1. The minimum atomic E-state index is -1.82. The summed E-state index contributed by atoms with van der Waals surface area (Å²) in [6.45, 7) is -0.305. The molecule has 1 aromatic heterocycles. The van der Waals surface area contributed by atoms with Crippen LogP contribution in [0.5, 0.6) is 0 Å². The van der Waals surface area contributed by atoms with Gasteiger partial charge in [-0.2, -0.15) is 0 Å². The fourth-order valence-electron chi connectivity index (χ4n) is 5.07. The normalized spacial score (nSPS) is 35.2. The van der Waals surface area contributed by atoms with Gasteiger partial charge in [0.15, 0.2) is 12.5 Å². The van der Waals surface area contributed by atoms with Gasteiger partial charge in [-0.1, -0.05) is 0 Å². The van der Waals surface area contributed by atoms with Crippen LogP contribution < -0.4 is 16.6 Å². The lowest BCUT2D eigenvalue weighted by Gasteiger charge is -2.38. The first-order valence-corrected chi connectivity index (χ1v) is 12.5. The summed E-state index contributed by atoms with van der Waals surface area (Å²) in [7, 11) is 2.66. The summed E-state index contributed by atoms with van der Waals surface area (Å²) in [5, 5.41) is 54.8. The van der Waals surface area contributed by atoms with E-state index >= 15 is 0 Å². The van der Waals surface area contributed by atoms with Gasteiger partial charge in [-0.25, -0.2) is 9.59 Å². The van der Waals surface area contributed by atoms with Crippen LogP contribution in [0, 0.1) is 0 Å². The molecule has 0 spiro atoms. The van der Waals surface area contributed by atoms with Crippen molar-refractivity contribution < 1.29 is 54.1 Å². The molecule has 0 aliphatic carbocycles. The van der Waals surface area contributed by atoms with Gasteiger partial charge in [-0.05, 0) is 13.1 Å². The van der Waals surface area contributed by atoms with Gasteiger partial charge in [-0.3, -0.25) is 28.8 Å². The molecule has 0 saturated carbocycles. The maximum Gasteiger partial charge on any atom is 0.352 e. The van der Waals surface area contributed by atoms with Gasteiger partial charge in [0, 0.05) is 32.4 Å². The number of aromatic nitrogens is 2.